The third kappa shape index (κ3) is 2.69. The van der Waals surface area contributed by atoms with Crippen molar-refractivity contribution in [2.45, 2.75) is 57.9 Å². The van der Waals surface area contributed by atoms with Crippen molar-refractivity contribution in [2.75, 3.05) is 0 Å². The van der Waals surface area contributed by atoms with Gasteiger partial charge in [-0.05, 0) is 38.3 Å². The predicted octanol–water partition coefficient (Wildman–Crippen LogP) is 4.62. The number of pyridine rings is 1. The van der Waals surface area contributed by atoms with Gasteiger partial charge in [-0.3, -0.25) is 0 Å². The molecule has 2 aromatic rings. The molecule has 1 saturated carbocycles. The Kier molecular flexibility index (Phi) is 3.97. The van der Waals surface area contributed by atoms with Crippen LogP contribution in [0, 0.1) is 12.8 Å². The summed E-state index contributed by atoms with van der Waals surface area (Å²) in [7, 11) is 0. The fourth-order valence-electron chi connectivity index (χ4n) is 3.25. The number of aryl methyl sites for hydroxylation is 2. The third-order valence-corrected chi connectivity index (χ3v) is 4.55. The number of hydrogen-bond acceptors (Lipinski definition) is 2. The molecule has 2 aromatic heterocycles. The number of hydrogen-bond donors (Lipinski definition) is 0. The average Bonchev–Trinajstić information content (AvgIpc) is 3.03. The van der Waals surface area contributed by atoms with Crippen molar-refractivity contribution in [3.05, 3.63) is 23.7 Å². The maximum Gasteiger partial charge on any atom is 0.160 e. The fourth-order valence-corrected chi connectivity index (χ4v) is 3.42. The van der Waals surface area contributed by atoms with E-state index in [9.17, 15) is 0 Å². The summed E-state index contributed by atoms with van der Waals surface area (Å²) in [6.07, 6.45) is 6.77. The summed E-state index contributed by atoms with van der Waals surface area (Å²) >= 11 is 6.30. The summed E-state index contributed by atoms with van der Waals surface area (Å²) in [5.41, 5.74) is 2.99. The molecule has 0 aliphatic heterocycles. The number of halogens is 1. The molecule has 1 unspecified atom stereocenters. The molecule has 20 heavy (non-hydrogen) atoms. The second-order valence-electron chi connectivity index (χ2n) is 5.97. The van der Waals surface area contributed by atoms with Crippen LogP contribution in [-0.2, 0) is 6.54 Å². The molecule has 1 aliphatic carbocycles. The van der Waals surface area contributed by atoms with Crippen LogP contribution in [0.25, 0.3) is 11.2 Å². The molecule has 0 amide bonds. The minimum atomic E-state index is -0.0758. The topological polar surface area (TPSA) is 30.7 Å². The van der Waals surface area contributed by atoms with Crippen molar-refractivity contribution in [3.63, 3.8) is 0 Å². The van der Waals surface area contributed by atoms with Gasteiger partial charge in [0.05, 0.1) is 5.38 Å². The highest BCUT2D eigenvalue weighted by molar-refractivity contribution is 6.20. The largest absolute Gasteiger partial charge is 0.311 e. The number of nitrogens with zero attached hydrogens (tertiary/aromatic N) is 3. The smallest absolute Gasteiger partial charge is 0.160 e. The molecule has 0 radical (unpaired) electrons. The van der Waals surface area contributed by atoms with Gasteiger partial charge >= 0.3 is 0 Å². The highest BCUT2D eigenvalue weighted by Crippen LogP contribution is 2.30. The Hall–Kier alpha value is -1.09. The van der Waals surface area contributed by atoms with Crippen molar-refractivity contribution < 1.29 is 0 Å². The molecule has 3 rings (SSSR count). The second kappa shape index (κ2) is 5.72. The van der Waals surface area contributed by atoms with Gasteiger partial charge < -0.3 is 4.57 Å². The van der Waals surface area contributed by atoms with E-state index in [1.54, 1.807) is 0 Å². The molecular formula is C16H22ClN3. The minimum absolute atomic E-state index is 0.0758. The van der Waals surface area contributed by atoms with Crippen LogP contribution in [0.2, 0.25) is 0 Å². The Balaban J connectivity index is 1.92. The van der Waals surface area contributed by atoms with E-state index in [1.807, 2.05) is 26.0 Å². The SMILES string of the molecule is Cc1ccc2nc(C(C)Cl)n(CCC3CCCC3)c2n1. The first-order valence-electron chi connectivity index (χ1n) is 7.63. The Labute approximate surface area is 125 Å². The number of alkyl halides is 1. The minimum Gasteiger partial charge on any atom is -0.311 e. The van der Waals surface area contributed by atoms with Crippen molar-refractivity contribution in [1.29, 1.82) is 0 Å². The molecule has 0 aromatic carbocycles. The quantitative estimate of drug-likeness (QED) is 0.770. The number of aromatic nitrogens is 3. The van der Waals surface area contributed by atoms with Gasteiger partial charge in [-0.1, -0.05) is 25.7 Å². The van der Waals surface area contributed by atoms with Crippen LogP contribution in [0.4, 0.5) is 0 Å². The van der Waals surface area contributed by atoms with E-state index in [0.29, 0.717) is 0 Å². The van der Waals surface area contributed by atoms with Crippen LogP contribution in [0.1, 0.15) is 55.9 Å². The van der Waals surface area contributed by atoms with E-state index in [0.717, 1.165) is 35.1 Å². The Morgan fingerprint density at radius 1 is 1.30 bits per heavy atom. The first-order chi connectivity index (χ1) is 9.65. The number of rotatable bonds is 4. The van der Waals surface area contributed by atoms with Crippen molar-refractivity contribution in [1.82, 2.24) is 14.5 Å². The number of imidazole rings is 1. The molecule has 0 bridgehead atoms. The summed E-state index contributed by atoms with van der Waals surface area (Å²) < 4.78 is 2.23. The first-order valence-corrected chi connectivity index (χ1v) is 8.06. The summed E-state index contributed by atoms with van der Waals surface area (Å²) in [6.45, 7) is 5.00. The van der Waals surface area contributed by atoms with Gasteiger partial charge in [0.2, 0.25) is 0 Å². The highest BCUT2D eigenvalue weighted by atomic mass is 35.5. The summed E-state index contributed by atoms with van der Waals surface area (Å²) in [6, 6.07) is 4.06. The molecule has 0 spiro atoms. The molecule has 2 heterocycles. The fraction of sp³-hybridized carbons (Fsp3) is 0.625. The van der Waals surface area contributed by atoms with Gasteiger partial charge in [-0.25, -0.2) is 9.97 Å². The van der Waals surface area contributed by atoms with Gasteiger partial charge in [0.15, 0.2) is 5.65 Å². The molecule has 1 aliphatic rings. The second-order valence-corrected chi connectivity index (χ2v) is 6.63. The lowest BCUT2D eigenvalue weighted by Gasteiger charge is -2.13. The van der Waals surface area contributed by atoms with Gasteiger partial charge in [0.25, 0.3) is 0 Å². The van der Waals surface area contributed by atoms with Crippen LogP contribution < -0.4 is 0 Å². The lowest BCUT2D eigenvalue weighted by atomic mass is 10.0. The lowest BCUT2D eigenvalue weighted by molar-refractivity contribution is 0.455. The standard InChI is InChI=1S/C16H22ClN3/c1-11-7-8-14-16(18-11)20(15(19-14)12(2)17)10-9-13-5-3-4-6-13/h7-8,12-13H,3-6,9-10H2,1-2H3. The van der Waals surface area contributed by atoms with Crippen LogP contribution in [0.5, 0.6) is 0 Å². The van der Waals surface area contributed by atoms with E-state index < -0.39 is 0 Å². The van der Waals surface area contributed by atoms with Crippen LogP contribution in [0.15, 0.2) is 12.1 Å². The Morgan fingerprint density at radius 3 is 2.75 bits per heavy atom. The molecule has 1 fully saturated rings. The molecule has 4 heteroatoms. The molecule has 0 N–H and O–H groups in total. The van der Waals surface area contributed by atoms with Gasteiger partial charge in [0, 0.05) is 12.2 Å². The zero-order valence-corrected chi connectivity index (χ0v) is 13.0. The summed E-state index contributed by atoms with van der Waals surface area (Å²) in [5.74, 6) is 1.83. The van der Waals surface area contributed by atoms with Crippen LogP contribution in [-0.4, -0.2) is 14.5 Å². The average molecular weight is 292 g/mol. The number of fused-ring (bicyclic) bond motifs is 1. The predicted molar refractivity (Wildman–Crippen MR) is 83.1 cm³/mol. The maximum atomic E-state index is 6.30. The molecule has 108 valence electrons. The third-order valence-electron chi connectivity index (χ3n) is 4.35. The Bertz CT molecular complexity index is 597. The molecule has 0 saturated heterocycles. The van der Waals surface area contributed by atoms with Crippen LogP contribution >= 0.6 is 11.6 Å². The van der Waals surface area contributed by atoms with E-state index in [2.05, 4.69) is 14.5 Å². The normalized spacial score (nSPS) is 17.9. The van der Waals surface area contributed by atoms with E-state index in [1.165, 1.54) is 32.1 Å². The summed E-state index contributed by atoms with van der Waals surface area (Å²) in [4.78, 5) is 9.33. The maximum absolute atomic E-state index is 6.30. The molecule has 3 nitrogen and oxygen atoms in total. The van der Waals surface area contributed by atoms with Crippen LogP contribution in [0.3, 0.4) is 0 Å². The lowest BCUT2D eigenvalue weighted by Crippen LogP contribution is -2.08. The monoisotopic (exact) mass is 291 g/mol. The van der Waals surface area contributed by atoms with Gasteiger partial charge in [0.1, 0.15) is 11.3 Å². The van der Waals surface area contributed by atoms with Crippen molar-refractivity contribution >= 4 is 22.8 Å². The zero-order valence-electron chi connectivity index (χ0n) is 12.3. The van der Waals surface area contributed by atoms with Crippen molar-refractivity contribution in [3.8, 4) is 0 Å². The van der Waals surface area contributed by atoms with E-state index in [4.69, 9.17) is 11.6 Å². The zero-order chi connectivity index (χ0) is 14.1. The highest BCUT2D eigenvalue weighted by Gasteiger charge is 2.19. The van der Waals surface area contributed by atoms with Gasteiger partial charge in [-0.15, -0.1) is 11.6 Å². The summed E-state index contributed by atoms with van der Waals surface area (Å²) in [5, 5.41) is -0.0758. The van der Waals surface area contributed by atoms with Gasteiger partial charge in [-0.2, -0.15) is 0 Å². The van der Waals surface area contributed by atoms with E-state index >= 15 is 0 Å². The molecule has 1 atom stereocenters. The van der Waals surface area contributed by atoms with E-state index in [-0.39, 0.29) is 5.38 Å². The first kappa shape index (κ1) is 13.9. The molecular weight excluding hydrogens is 270 g/mol. The van der Waals surface area contributed by atoms with Crippen molar-refractivity contribution in [2.24, 2.45) is 5.92 Å². The Morgan fingerprint density at radius 2 is 2.05 bits per heavy atom.